The Bertz CT molecular complexity index is 409. The van der Waals surface area contributed by atoms with Crippen LogP contribution in [0.25, 0.3) is 0 Å². The normalized spacial score (nSPS) is 14.8. The van der Waals surface area contributed by atoms with Crippen molar-refractivity contribution in [2.45, 2.75) is 19.4 Å². The van der Waals surface area contributed by atoms with Crippen LogP contribution >= 0.6 is 27.9 Å². The minimum absolute atomic E-state index is 0.912. The van der Waals surface area contributed by atoms with Gasteiger partial charge in [0.05, 0.1) is 0 Å². The second-order valence-corrected chi connectivity index (χ2v) is 5.78. The van der Waals surface area contributed by atoms with Crippen molar-refractivity contribution < 1.29 is 0 Å². The van der Waals surface area contributed by atoms with E-state index in [9.17, 15) is 0 Å². The van der Waals surface area contributed by atoms with Crippen molar-refractivity contribution in [3.05, 3.63) is 58.1 Å². The lowest BCUT2D eigenvalue weighted by Crippen LogP contribution is -2.05. The van der Waals surface area contributed by atoms with Gasteiger partial charge in [0, 0.05) is 16.8 Å². The molecule has 1 nitrogen and oxygen atoms in total. The molecule has 0 bridgehead atoms. The Labute approximate surface area is 116 Å². The molecule has 0 fully saturated rings. The van der Waals surface area contributed by atoms with E-state index in [4.69, 9.17) is 0 Å². The molecule has 0 amide bonds. The summed E-state index contributed by atoms with van der Waals surface area (Å²) in [4.78, 5) is 0. The van der Waals surface area contributed by atoms with Crippen LogP contribution in [0, 0.1) is 0 Å². The fraction of sp³-hybridized carbons (Fsp3) is 0.286. The van der Waals surface area contributed by atoms with Crippen molar-refractivity contribution in [1.29, 1.82) is 0 Å². The number of halogens is 1. The number of hydrogen-bond donors (Lipinski definition) is 1. The van der Waals surface area contributed by atoms with Gasteiger partial charge in [-0.3, -0.25) is 4.72 Å². The third-order valence-electron chi connectivity index (χ3n) is 2.60. The van der Waals surface area contributed by atoms with E-state index in [1.165, 1.54) is 24.0 Å². The maximum atomic E-state index is 3.44. The van der Waals surface area contributed by atoms with Crippen LogP contribution in [0.15, 0.2) is 52.5 Å². The average Bonchev–Trinajstić information content (AvgIpc) is 2.38. The molecule has 1 aliphatic rings. The summed E-state index contributed by atoms with van der Waals surface area (Å²) in [6.45, 7) is 0.912. The molecule has 0 aromatic heterocycles. The monoisotopic (exact) mass is 309 g/mol. The fourth-order valence-corrected chi connectivity index (χ4v) is 2.66. The first-order valence-corrected chi connectivity index (χ1v) is 7.57. The molecule has 0 atom stereocenters. The van der Waals surface area contributed by atoms with E-state index >= 15 is 0 Å². The Morgan fingerprint density at radius 3 is 2.71 bits per heavy atom. The Hall–Kier alpha value is -0.510. The highest BCUT2D eigenvalue weighted by Gasteiger charge is 1.98. The summed E-state index contributed by atoms with van der Waals surface area (Å²) in [6, 6.07) is 8.43. The summed E-state index contributed by atoms with van der Waals surface area (Å²) in [5.74, 6) is 1.05. The Balaban J connectivity index is 1.67. The maximum absolute atomic E-state index is 3.44. The van der Waals surface area contributed by atoms with Gasteiger partial charge >= 0.3 is 0 Å². The van der Waals surface area contributed by atoms with E-state index in [0.717, 1.165) is 16.8 Å². The number of benzene rings is 1. The van der Waals surface area contributed by atoms with Gasteiger partial charge in [-0.25, -0.2) is 0 Å². The number of nitrogens with one attached hydrogen (secondary N) is 1. The second kappa shape index (κ2) is 7.04. The van der Waals surface area contributed by atoms with Gasteiger partial charge in [0.15, 0.2) is 0 Å². The summed E-state index contributed by atoms with van der Waals surface area (Å²) >= 11 is 5.22. The minimum atomic E-state index is 0.912. The summed E-state index contributed by atoms with van der Waals surface area (Å²) in [5, 5.41) is 0. The quantitative estimate of drug-likeness (QED) is 0.636. The molecule has 90 valence electrons. The molecule has 1 aliphatic carbocycles. The lowest BCUT2D eigenvalue weighted by molar-refractivity contribution is 0.974. The lowest BCUT2D eigenvalue weighted by Gasteiger charge is -2.07. The molecule has 0 saturated heterocycles. The Kier molecular flexibility index (Phi) is 5.36. The van der Waals surface area contributed by atoms with Crippen molar-refractivity contribution in [2.75, 3.05) is 5.75 Å². The second-order valence-electron chi connectivity index (χ2n) is 4.00. The van der Waals surface area contributed by atoms with Crippen LogP contribution in [0.5, 0.6) is 0 Å². The van der Waals surface area contributed by atoms with E-state index in [2.05, 4.69) is 63.1 Å². The maximum Gasteiger partial charge on any atom is 0.0327 e. The van der Waals surface area contributed by atoms with Crippen molar-refractivity contribution in [1.82, 2.24) is 4.72 Å². The molecule has 1 aromatic rings. The van der Waals surface area contributed by atoms with Crippen LogP contribution < -0.4 is 4.72 Å². The van der Waals surface area contributed by atoms with Gasteiger partial charge in [-0.2, -0.15) is 0 Å². The highest BCUT2D eigenvalue weighted by molar-refractivity contribution is 9.10. The minimum Gasteiger partial charge on any atom is -0.259 e. The van der Waals surface area contributed by atoms with E-state index < -0.39 is 0 Å². The van der Waals surface area contributed by atoms with E-state index in [1.54, 1.807) is 11.9 Å². The smallest absolute Gasteiger partial charge is 0.0327 e. The van der Waals surface area contributed by atoms with E-state index in [1.807, 2.05) is 0 Å². The topological polar surface area (TPSA) is 12.0 Å². The molecule has 1 aromatic carbocycles. The first kappa shape index (κ1) is 12.9. The number of rotatable bonds is 5. The molecule has 1 N–H and O–H groups in total. The highest BCUT2D eigenvalue weighted by atomic mass is 79.9. The van der Waals surface area contributed by atoms with Crippen LogP contribution in [0.1, 0.15) is 18.4 Å². The number of allylic oxidation sites excluding steroid dienone is 3. The van der Waals surface area contributed by atoms with Crippen LogP contribution in [0.4, 0.5) is 0 Å². The summed E-state index contributed by atoms with van der Waals surface area (Å²) < 4.78 is 4.53. The van der Waals surface area contributed by atoms with E-state index in [0.29, 0.717) is 0 Å². The van der Waals surface area contributed by atoms with Gasteiger partial charge in [0.2, 0.25) is 0 Å². The predicted molar refractivity (Wildman–Crippen MR) is 79.9 cm³/mol. The van der Waals surface area contributed by atoms with Crippen LogP contribution in [-0.4, -0.2) is 5.75 Å². The standard InChI is InChI=1S/C14H16BrNS/c15-14-8-6-12(7-9-14)10-16-17-11-13-4-2-1-3-5-13/h2,4-9,16H,1,3,10-11H2. The van der Waals surface area contributed by atoms with Gasteiger partial charge in [-0.05, 0) is 36.1 Å². The van der Waals surface area contributed by atoms with Crippen LogP contribution in [0.3, 0.4) is 0 Å². The van der Waals surface area contributed by atoms with Crippen LogP contribution in [0.2, 0.25) is 0 Å². The molecule has 0 unspecified atom stereocenters. The molecular formula is C14H16BrNS. The first-order chi connectivity index (χ1) is 8.34. The molecule has 0 heterocycles. The third kappa shape index (κ3) is 4.70. The zero-order chi connectivity index (χ0) is 11.9. The largest absolute Gasteiger partial charge is 0.259 e. The zero-order valence-electron chi connectivity index (χ0n) is 9.66. The average molecular weight is 310 g/mol. The number of hydrogen-bond acceptors (Lipinski definition) is 2. The van der Waals surface area contributed by atoms with Crippen molar-refractivity contribution in [3.63, 3.8) is 0 Å². The molecule has 2 rings (SSSR count). The molecule has 0 radical (unpaired) electrons. The molecular weight excluding hydrogens is 294 g/mol. The Morgan fingerprint density at radius 2 is 2.00 bits per heavy atom. The summed E-state index contributed by atoms with van der Waals surface area (Å²) in [7, 11) is 0. The van der Waals surface area contributed by atoms with E-state index in [-0.39, 0.29) is 0 Å². The van der Waals surface area contributed by atoms with Crippen molar-refractivity contribution >= 4 is 27.9 Å². The van der Waals surface area contributed by atoms with Gasteiger partial charge in [-0.15, -0.1) is 0 Å². The summed E-state index contributed by atoms with van der Waals surface area (Å²) in [6.07, 6.45) is 9.20. The Morgan fingerprint density at radius 1 is 1.18 bits per heavy atom. The molecule has 0 spiro atoms. The summed E-state index contributed by atoms with van der Waals surface area (Å²) in [5.41, 5.74) is 2.75. The van der Waals surface area contributed by atoms with Crippen molar-refractivity contribution in [3.8, 4) is 0 Å². The molecule has 17 heavy (non-hydrogen) atoms. The molecule has 0 saturated carbocycles. The fourth-order valence-electron chi connectivity index (χ4n) is 1.65. The molecule has 0 aliphatic heterocycles. The first-order valence-electron chi connectivity index (χ1n) is 5.79. The predicted octanol–water partition coefficient (Wildman–Crippen LogP) is 4.46. The highest BCUT2D eigenvalue weighted by Crippen LogP contribution is 2.14. The SMILES string of the molecule is Brc1ccc(CNSCC2=CCCC=C2)cc1. The van der Waals surface area contributed by atoms with Crippen molar-refractivity contribution in [2.24, 2.45) is 0 Å². The van der Waals surface area contributed by atoms with Gasteiger partial charge in [-0.1, -0.05) is 58.2 Å². The molecule has 3 heteroatoms. The zero-order valence-corrected chi connectivity index (χ0v) is 12.1. The third-order valence-corrected chi connectivity index (χ3v) is 3.96. The lowest BCUT2D eigenvalue weighted by atomic mass is 10.1. The van der Waals surface area contributed by atoms with Gasteiger partial charge < -0.3 is 0 Å². The van der Waals surface area contributed by atoms with Gasteiger partial charge in [0.25, 0.3) is 0 Å². The van der Waals surface area contributed by atoms with Gasteiger partial charge in [0.1, 0.15) is 0 Å². The van der Waals surface area contributed by atoms with Crippen LogP contribution in [-0.2, 0) is 6.54 Å².